The fourth-order valence-electron chi connectivity index (χ4n) is 1.03. The fraction of sp³-hybridized carbons (Fsp3) is 0.364. The number of carbonyl (C=O) groups is 1. The Balaban J connectivity index is 0.00000106. The minimum atomic E-state index is -1.40. The molecule has 90 valence electrons. The number of phenols is 1. The molecule has 0 unspecified atom stereocenters. The van der Waals surface area contributed by atoms with Gasteiger partial charge in [-0.15, -0.1) is 0 Å². The van der Waals surface area contributed by atoms with Gasteiger partial charge in [-0.1, -0.05) is 13.8 Å². The first kappa shape index (κ1) is 14.3. The first-order valence-electron chi connectivity index (χ1n) is 4.75. The summed E-state index contributed by atoms with van der Waals surface area (Å²) >= 11 is 0. The maximum atomic E-state index is 13.0. The highest BCUT2D eigenvalue weighted by Crippen LogP contribution is 2.27. The van der Waals surface area contributed by atoms with Crippen LogP contribution in [-0.4, -0.2) is 18.2 Å². The molecule has 0 spiro atoms. The van der Waals surface area contributed by atoms with E-state index >= 15 is 0 Å². The Morgan fingerprint density at radius 3 is 2.31 bits per heavy atom. The SMILES string of the molecule is CC.COC(=O)c1c(O)c(C)cc(F)c1F. The summed E-state index contributed by atoms with van der Waals surface area (Å²) in [5.74, 6) is -4.31. The average Bonchev–Trinajstić information content (AvgIpc) is 2.29. The van der Waals surface area contributed by atoms with E-state index in [0.29, 0.717) is 0 Å². The lowest BCUT2D eigenvalue weighted by atomic mass is 10.1. The third-order valence-electron chi connectivity index (χ3n) is 1.77. The molecule has 1 aromatic carbocycles. The Bertz CT molecular complexity index is 363. The van der Waals surface area contributed by atoms with E-state index in [1.165, 1.54) is 6.92 Å². The van der Waals surface area contributed by atoms with Crippen LogP contribution in [0.1, 0.15) is 29.8 Å². The van der Waals surface area contributed by atoms with Gasteiger partial charge in [0.05, 0.1) is 7.11 Å². The number of hydrogen-bond acceptors (Lipinski definition) is 3. The van der Waals surface area contributed by atoms with Gasteiger partial charge in [0.2, 0.25) is 0 Å². The topological polar surface area (TPSA) is 46.5 Å². The van der Waals surface area contributed by atoms with Crippen LogP contribution in [0.2, 0.25) is 0 Å². The van der Waals surface area contributed by atoms with Crippen molar-refractivity contribution in [2.24, 2.45) is 0 Å². The van der Waals surface area contributed by atoms with Crippen LogP contribution in [0.25, 0.3) is 0 Å². The van der Waals surface area contributed by atoms with Gasteiger partial charge in [-0.25, -0.2) is 13.6 Å². The van der Waals surface area contributed by atoms with Gasteiger partial charge in [-0.05, 0) is 18.6 Å². The van der Waals surface area contributed by atoms with Gasteiger partial charge in [-0.2, -0.15) is 0 Å². The summed E-state index contributed by atoms with van der Waals surface area (Å²) in [6, 6.07) is 0.803. The van der Waals surface area contributed by atoms with Gasteiger partial charge in [0.25, 0.3) is 0 Å². The molecule has 1 N–H and O–H groups in total. The lowest BCUT2D eigenvalue weighted by Gasteiger charge is -2.07. The van der Waals surface area contributed by atoms with E-state index in [0.717, 1.165) is 13.2 Å². The highest BCUT2D eigenvalue weighted by molar-refractivity contribution is 5.93. The first-order chi connectivity index (χ1) is 7.49. The molecule has 0 saturated heterocycles. The van der Waals surface area contributed by atoms with Crippen molar-refractivity contribution in [3.8, 4) is 5.75 Å². The van der Waals surface area contributed by atoms with Crippen LogP contribution in [-0.2, 0) is 4.74 Å². The summed E-state index contributed by atoms with van der Waals surface area (Å²) in [6.07, 6.45) is 0. The van der Waals surface area contributed by atoms with Gasteiger partial charge in [-0.3, -0.25) is 0 Å². The zero-order valence-corrected chi connectivity index (χ0v) is 9.60. The van der Waals surface area contributed by atoms with Crippen LogP contribution in [0.5, 0.6) is 5.75 Å². The minimum absolute atomic E-state index is 0.0734. The fourth-order valence-corrected chi connectivity index (χ4v) is 1.03. The van der Waals surface area contributed by atoms with Crippen molar-refractivity contribution in [3.05, 3.63) is 28.8 Å². The molecule has 0 radical (unpaired) electrons. The van der Waals surface area contributed by atoms with Crippen LogP contribution in [0.4, 0.5) is 8.78 Å². The highest BCUT2D eigenvalue weighted by Gasteiger charge is 2.22. The zero-order chi connectivity index (χ0) is 12.9. The van der Waals surface area contributed by atoms with E-state index in [-0.39, 0.29) is 5.56 Å². The van der Waals surface area contributed by atoms with Crippen LogP contribution in [0.3, 0.4) is 0 Å². The van der Waals surface area contributed by atoms with E-state index < -0.39 is 28.9 Å². The van der Waals surface area contributed by atoms with Crippen LogP contribution in [0, 0.1) is 18.6 Å². The largest absolute Gasteiger partial charge is 0.507 e. The molecule has 0 bridgehead atoms. The van der Waals surface area contributed by atoms with E-state index in [1.807, 2.05) is 13.8 Å². The maximum Gasteiger partial charge on any atom is 0.344 e. The number of rotatable bonds is 1. The molecular weight excluding hydrogens is 218 g/mol. The summed E-state index contributed by atoms with van der Waals surface area (Å²) in [6.45, 7) is 5.35. The molecule has 0 atom stereocenters. The second-order valence-corrected chi connectivity index (χ2v) is 2.70. The van der Waals surface area contributed by atoms with Gasteiger partial charge < -0.3 is 9.84 Å². The molecule has 0 amide bonds. The molecule has 1 aromatic rings. The van der Waals surface area contributed by atoms with Gasteiger partial charge >= 0.3 is 5.97 Å². The van der Waals surface area contributed by atoms with E-state index in [2.05, 4.69) is 4.74 Å². The van der Waals surface area contributed by atoms with Gasteiger partial charge in [0.15, 0.2) is 11.6 Å². The third-order valence-corrected chi connectivity index (χ3v) is 1.77. The predicted molar refractivity (Wildman–Crippen MR) is 55.4 cm³/mol. The average molecular weight is 232 g/mol. The number of aromatic hydroxyl groups is 1. The molecule has 0 aliphatic heterocycles. The van der Waals surface area contributed by atoms with Gasteiger partial charge in [0, 0.05) is 0 Å². The Hall–Kier alpha value is -1.65. The Labute approximate surface area is 92.7 Å². The maximum absolute atomic E-state index is 13.0. The van der Waals surface area contributed by atoms with Crippen molar-refractivity contribution in [1.82, 2.24) is 0 Å². The second kappa shape index (κ2) is 6.05. The van der Waals surface area contributed by atoms with Crippen LogP contribution >= 0.6 is 0 Å². The summed E-state index contributed by atoms with van der Waals surface area (Å²) < 4.78 is 30.1. The van der Waals surface area contributed by atoms with Crippen molar-refractivity contribution in [1.29, 1.82) is 0 Å². The molecule has 0 aliphatic carbocycles. The van der Waals surface area contributed by atoms with Crippen molar-refractivity contribution in [3.63, 3.8) is 0 Å². The lowest BCUT2D eigenvalue weighted by Crippen LogP contribution is -2.07. The molecule has 3 nitrogen and oxygen atoms in total. The number of halogens is 2. The number of hydrogen-bond donors (Lipinski definition) is 1. The first-order valence-corrected chi connectivity index (χ1v) is 4.75. The molecule has 5 heteroatoms. The van der Waals surface area contributed by atoms with Crippen LogP contribution < -0.4 is 0 Å². The molecule has 0 heterocycles. The molecule has 0 aromatic heterocycles. The standard InChI is InChI=1S/C9H8F2O3.C2H6/c1-4-3-5(10)7(11)6(8(4)12)9(13)14-2;1-2/h3,12H,1-2H3;1-2H3. The normalized spacial score (nSPS) is 9.12. The van der Waals surface area contributed by atoms with E-state index in [1.54, 1.807) is 0 Å². The van der Waals surface area contributed by atoms with Gasteiger partial charge in [0.1, 0.15) is 11.3 Å². The second-order valence-electron chi connectivity index (χ2n) is 2.70. The molecule has 0 saturated carbocycles. The number of esters is 1. The quantitative estimate of drug-likeness (QED) is 0.757. The number of phenolic OH excluding ortho intramolecular Hbond substituents is 1. The van der Waals surface area contributed by atoms with E-state index in [4.69, 9.17) is 0 Å². The number of aryl methyl sites for hydroxylation is 1. The third kappa shape index (κ3) is 2.68. The van der Waals surface area contributed by atoms with Crippen molar-refractivity contribution < 1.29 is 23.4 Å². The molecule has 16 heavy (non-hydrogen) atoms. The Kier molecular flexibility index (Phi) is 5.42. The smallest absolute Gasteiger partial charge is 0.344 e. The summed E-state index contributed by atoms with van der Waals surface area (Å²) in [7, 11) is 1.02. The number of carbonyl (C=O) groups excluding carboxylic acids is 1. The van der Waals surface area contributed by atoms with Crippen molar-refractivity contribution >= 4 is 5.97 Å². The molecule has 0 aliphatic rings. The summed E-state index contributed by atoms with van der Waals surface area (Å²) in [5, 5.41) is 9.30. The Morgan fingerprint density at radius 2 is 1.88 bits per heavy atom. The number of benzene rings is 1. The molecule has 0 fully saturated rings. The van der Waals surface area contributed by atoms with Crippen molar-refractivity contribution in [2.45, 2.75) is 20.8 Å². The van der Waals surface area contributed by atoms with Crippen molar-refractivity contribution in [2.75, 3.05) is 7.11 Å². The summed E-state index contributed by atoms with van der Waals surface area (Å²) in [4.78, 5) is 11.0. The minimum Gasteiger partial charge on any atom is -0.507 e. The lowest BCUT2D eigenvalue weighted by molar-refractivity contribution is 0.0590. The van der Waals surface area contributed by atoms with E-state index in [9.17, 15) is 18.7 Å². The molecular formula is C11H14F2O3. The highest BCUT2D eigenvalue weighted by atomic mass is 19.2. The summed E-state index contributed by atoms with van der Waals surface area (Å²) in [5.41, 5.74) is -0.700. The number of ether oxygens (including phenoxy) is 1. The monoisotopic (exact) mass is 232 g/mol. The van der Waals surface area contributed by atoms with Crippen LogP contribution in [0.15, 0.2) is 6.07 Å². The predicted octanol–water partition coefficient (Wildman–Crippen LogP) is 2.79. The zero-order valence-electron chi connectivity index (χ0n) is 9.60. The number of methoxy groups -OCH3 is 1. The Morgan fingerprint density at radius 1 is 1.38 bits per heavy atom. The molecule has 1 rings (SSSR count).